The van der Waals surface area contributed by atoms with Gasteiger partial charge in [0.2, 0.25) is 0 Å². The summed E-state index contributed by atoms with van der Waals surface area (Å²) in [6, 6.07) is 21.0. The summed E-state index contributed by atoms with van der Waals surface area (Å²) in [5.41, 5.74) is 4.80. The average molecular weight is 425 g/mol. The van der Waals surface area contributed by atoms with Crippen LogP contribution in [-0.4, -0.2) is 17.9 Å². The topological polar surface area (TPSA) is 67.4 Å². The molecule has 0 fully saturated rings. The Balaban J connectivity index is 1.39. The van der Waals surface area contributed by atoms with E-state index in [0.29, 0.717) is 15.6 Å². The van der Waals surface area contributed by atoms with E-state index < -0.39 is 17.9 Å². The third-order valence-electron chi connectivity index (χ3n) is 4.44. The third kappa shape index (κ3) is 4.04. The van der Waals surface area contributed by atoms with E-state index in [1.807, 2.05) is 66.7 Å². The standard InChI is InChI=1S/C22H17ClN2O3S/c1-13(28-16-11-10-14-6-2-3-7-15(14)12-16)21(26)24-25-22(27)20-19(23)17-8-4-5-9-18(17)29-20/h2-13H,1H3,(H,24,26)(H,25,27). The molecule has 5 nitrogen and oxygen atoms in total. The lowest BCUT2D eigenvalue weighted by Crippen LogP contribution is -2.47. The maximum absolute atomic E-state index is 12.4. The van der Waals surface area contributed by atoms with Crippen LogP contribution in [0.4, 0.5) is 0 Å². The average Bonchev–Trinajstić information content (AvgIpc) is 3.08. The van der Waals surface area contributed by atoms with Crippen LogP contribution in [0, 0.1) is 0 Å². The van der Waals surface area contributed by atoms with Crippen LogP contribution in [0.5, 0.6) is 5.75 Å². The summed E-state index contributed by atoms with van der Waals surface area (Å²) in [5.74, 6) is -0.364. The molecular formula is C22H17ClN2O3S. The molecule has 7 heteroatoms. The summed E-state index contributed by atoms with van der Waals surface area (Å²) in [7, 11) is 0. The molecule has 1 unspecified atom stereocenters. The monoisotopic (exact) mass is 424 g/mol. The number of fused-ring (bicyclic) bond motifs is 2. The van der Waals surface area contributed by atoms with Crippen molar-refractivity contribution in [1.82, 2.24) is 10.9 Å². The highest BCUT2D eigenvalue weighted by Gasteiger charge is 2.19. The van der Waals surface area contributed by atoms with E-state index in [1.54, 1.807) is 6.92 Å². The molecule has 1 aromatic heterocycles. The van der Waals surface area contributed by atoms with E-state index in [1.165, 1.54) is 11.3 Å². The van der Waals surface area contributed by atoms with Crippen LogP contribution in [0.2, 0.25) is 5.02 Å². The van der Waals surface area contributed by atoms with Gasteiger partial charge in [0, 0.05) is 10.1 Å². The first-order chi connectivity index (χ1) is 14.0. The van der Waals surface area contributed by atoms with Crippen molar-refractivity contribution < 1.29 is 14.3 Å². The van der Waals surface area contributed by atoms with Gasteiger partial charge in [-0.2, -0.15) is 0 Å². The Kier molecular flexibility index (Phi) is 5.38. The molecule has 1 heterocycles. The Bertz CT molecular complexity index is 1220. The molecule has 0 spiro atoms. The fraction of sp³-hybridized carbons (Fsp3) is 0.0909. The van der Waals surface area contributed by atoms with Gasteiger partial charge in [-0.15, -0.1) is 11.3 Å². The minimum Gasteiger partial charge on any atom is -0.481 e. The molecule has 4 aromatic rings. The molecule has 0 saturated heterocycles. The zero-order chi connectivity index (χ0) is 20.4. The number of thiophene rings is 1. The van der Waals surface area contributed by atoms with Gasteiger partial charge in [0.1, 0.15) is 10.6 Å². The number of rotatable bonds is 4. The molecular weight excluding hydrogens is 408 g/mol. The quantitative estimate of drug-likeness (QED) is 0.456. The second-order valence-corrected chi connectivity index (χ2v) is 7.88. The van der Waals surface area contributed by atoms with Crippen molar-refractivity contribution in [2.45, 2.75) is 13.0 Å². The summed E-state index contributed by atoms with van der Waals surface area (Å²) in [6.07, 6.45) is -0.797. The number of hydrazine groups is 1. The highest BCUT2D eigenvalue weighted by atomic mass is 35.5. The Hall–Kier alpha value is -3.09. The molecule has 2 N–H and O–H groups in total. The Morgan fingerprint density at radius 1 is 0.966 bits per heavy atom. The van der Waals surface area contributed by atoms with E-state index in [0.717, 1.165) is 20.9 Å². The van der Waals surface area contributed by atoms with Crippen molar-refractivity contribution in [3.05, 3.63) is 76.6 Å². The molecule has 2 amide bonds. The molecule has 4 rings (SSSR count). The van der Waals surface area contributed by atoms with Gasteiger partial charge in [-0.05, 0) is 35.9 Å². The number of halogens is 1. The fourth-order valence-electron chi connectivity index (χ4n) is 2.94. The smallest absolute Gasteiger partial charge is 0.281 e. The number of ether oxygens (including phenoxy) is 1. The van der Waals surface area contributed by atoms with Crippen LogP contribution in [0.25, 0.3) is 20.9 Å². The largest absolute Gasteiger partial charge is 0.481 e. The first-order valence-electron chi connectivity index (χ1n) is 8.95. The molecule has 0 radical (unpaired) electrons. The van der Waals surface area contributed by atoms with Gasteiger partial charge in [0.05, 0.1) is 5.02 Å². The summed E-state index contributed by atoms with van der Waals surface area (Å²) < 4.78 is 6.61. The predicted molar refractivity (Wildman–Crippen MR) is 116 cm³/mol. The highest BCUT2D eigenvalue weighted by Crippen LogP contribution is 2.34. The van der Waals surface area contributed by atoms with Gasteiger partial charge in [-0.25, -0.2) is 0 Å². The van der Waals surface area contributed by atoms with E-state index in [4.69, 9.17) is 16.3 Å². The number of nitrogens with one attached hydrogen (secondary N) is 2. The summed E-state index contributed by atoms with van der Waals surface area (Å²) in [5, 5.41) is 3.29. The second-order valence-electron chi connectivity index (χ2n) is 6.45. The van der Waals surface area contributed by atoms with Gasteiger partial charge in [-0.1, -0.05) is 60.1 Å². The predicted octanol–water partition coefficient (Wildman–Crippen LogP) is 4.94. The Morgan fingerprint density at radius 2 is 1.69 bits per heavy atom. The maximum atomic E-state index is 12.4. The molecule has 0 saturated carbocycles. The minimum atomic E-state index is -0.797. The molecule has 0 aliphatic rings. The fourth-order valence-corrected chi connectivity index (χ4v) is 4.35. The molecule has 0 aliphatic heterocycles. The lowest BCUT2D eigenvalue weighted by atomic mass is 10.1. The van der Waals surface area contributed by atoms with Crippen LogP contribution in [0.1, 0.15) is 16.6 Å². The van der Waals surface area contributed by atoms with Crippen molar-refractivity contribution >= 4 is 55.6 Å². The van der Waals surface area contributed by atoms with Crippen molar-refractivity contribution in [3.63, 3.8) is 0 Å². The molecule has 146 valence electrons. The first kappa shape index (κ1) is 19.2. The van der Waals surface area contributed by atoms with Gasteiger partial charge in [-0.3, -0.25) is 20.4 Å². The lowest BCUT2D eigenvalue weighted by molar-refractivity contribution is -0.128. The van der Waals surface area contributed by atoms with Crippen LogP contribution < -0.4 is 15.6 Å². The van der Waals surface area contributed by atoms with Crippen LogP contribution in [0.3, 0.4) is 0 Å². The molecule has 1 atom stereocenters. The van der Waals surface area contributed by atoms with Crippen LogP contribution in [0.15, 0.2) is 66.7 Å². The van der Waals surface area contributed by atoms with Crippen LogP contribution >= 0.6 is 22.9 Å². The molecule has 0 bridgehead atoms. The normalized spacial score (nSPS) is 11.9. The minimum absolute atomic E-state index is 0.344. The number of hydrogen-bond donors (Lipinski definition) is 2. The second kappa shape index (κ2) is 8.11. The highest BCUT2D eigenvalue weighted by molar-refractivity contribution is 7.21. The Morgan fingerprint density at radius 3 is 2.48 bits per heavy atom. The summed E-state index contributed by atoms with van der Waals surface area (Å²) >= 11 is 7.57. The Labute approximate surface area is 176 Å². The zero-order valence-electron chi connectivity index (χ0n) is 15.4. The van der Waals surface area contributed by atoms with Gasteiger partial charge in [0.15, 0.2) is 6.10 Å². The van der Waals surface area contributed by atoms with E-state index in [-0.39, 0.29) is 0 Å². The van der Waals surface area contributed by atoms with Gasteiger partial charge < -0.3 is 4.74 Å². The number of carbonyl (C=O) groups excluding carboxylic acids is 2. The molecule has 3 aromatic carbocycles. The van der Waals surface area contributed by atoms with Crippen molar-refractivity contribution in [2.24, 2.45) is 0 Å². The number of amides is 2. The number of benzene rings is 3. The zero-order valence-corrected chi connectivity index (χ0v) is 17.0. The lowest BCUT2D eigenvalue weighted by Gasteiger charge is -2.15. The summed E-state index contributed by atoms with van der Waals surface area (Å²) in [6.45, 7) is 1.61. The third-order valence-corrected chi connectivity index (χ3v) is 6.12. The van der Waals surface area contributed by atoms with Crippen molar-refractivity contribution in [2.75, 3.05) is 0 Å². The van der Waals surface area contributed by atoms with Crippen LogP contribution in [-0.2, 0) is 4.79 Å². The SMILES string of the molecule is CC(Oc1ccc2ccccc2c1)C(=O)NNC(=O)c1sc2ccccc2c1Cl. The van der Waals surface area contributed by atoms with E-state index >= 15 is 0 Å². The van der Waals surface area contributed by atoms with Crippen molar-refractivity contribution in [1.29, 1.82) is 0 Å². The molecule has 0 aliphatic carbocycles. The van der Waals surface area contributed by atoms with Gasteiger partial charge >= 0.3 is 0 Å². The number of hydrogen-bond acceptors (Lipinski definition) is 4. The van der Waals surface area contributed by atoms with E-state index in [2.05, 4.69) is 10.9 Å². The summed E-state index contributed by atoms with van der Waals surface area (Å²) in [4.78, 5) is 25.1. The van der Waals surface area contributed by atoms with E-state index in [9.17, 15) is 9.59 Å². The number of carbonyl (C=O) groups is 2. The molecule has 29 heavy (non-hydrogen) atoms. The van der Waals surface area contributed by atoms with Gasteiger partial charge in [0.25, 0.3) is 11.8 Å². The van der Waals surface area contributed by atoms with Crippen molar-refractivity contribution in [3.8, 4) is 5.75 Å². The maximum Gasteiger partial charge on any atom is 0.281 e. The first-order valence-corrected chi connectivity index (χ1v) is 10.1.